The van der Waals surface area contributed by atoms with Crippen LogP contribution < -0.4 is 5.32 Å². The normalized spacial score (nSPS) is 11.8. The Labute approximate surface area is 187 Å². The highest BCUT2D eigenvalue weighted by atomic mass is 16.2. The predicted molar refractivity (Wildman–Crippen MR) is 126 cm³/mol. The molecule has 2 amide bonds. The van der Waals surface area contributed by atoms with Crippen LogP contribution in [0.4, 0.5) is 0 Å². The van der Waals surface area contributed by atoms with E-state index >= 15 is 0 Å². The van der Waals surface area contributed by atoms with Crippen molar-refractivity contribution in [2.24, 2.45) is 0 Å². The lowest BCUT2D eigenvalue weighted by Crippen LogP contribution is -2.41. The maximum atomic E-state index is 13.3. The zero-order chi connectivity index (χ0) is 22.3. The molecule has 4 aromatic rings. The lowest BCUT2D eigenvalue weighted by atomic mass is 10.0. The average molecular weight is 427 g/mol. The monoisotopic (exact) mass is 426 g/mol. The van der Waals surface area contributed by atoms with Crippen molar-refractivity contribution in [2.45, 2.75) is 18.9 Å². The van der Waals surface area contributed by atoms with Gasteiger partial charge >= 0.3 is 0 Å². The second kappa shape index (κ2) is 9.92. The van der Waals surface area contributed by atoms with Gasteiger partial charge in [0.2, 0.25) is 0 Å². The summed E-state index contributed by atoms with van der Waals surface area (Å²) in [5.41, 5.74) is 3.18. The number of H-pyrrole nitrogens is 1. The van der Waals surface area contributed by atoms with Gasteiger partial charge < -0.3 is 15.2 Å². The summed E-state index contributed by atoms with van der Waals surface area (Å²) in [4.78, 5) is 34.7. The van der Waals surface area contributed by atoms with Crippen LogP contribution in [-0.2, 0) is 6.42 Å². The summed E-state index contributed by atoms with van der Waals surface area (Å²) in [7, 11) is 1.83. The molecule has 0 aliphatic carbocycles. The molecule has 4 rings (SSSR count). The van der Waals surface area contributed by atoms with Gasteiger partial charge in [-0.25, -0.2) is 0 Å². The summed E-state index contributed by atoms with van der Waals surface area (Å²) in [6, 6.07) is 22.9. The molecule has 0 aliphatic rings. The molecule has 6 heteroatoms. The summed E-state index contributed by atoms with van der Waals surface area (Å²) in [6.45, 7) is 0.446. The predicted octanol–water partition coefficient (Wildman–Crippen LogP) is 4.07. The van der Waals surface area contributed by atoms with E-state index in [4.69, 9.17) is 0 Å². The third-order valence-electron chi connectivity index (χ3n) is 5.64. The molecule has 2 aromatic carbocycles. The molecule has 162 valence electrons. The number of hydrogen-bond donors (Lipinski definition) is 2. The quantitative estimate of drug-likeness (QED) is 0.446. The Kier molecular flexibility index (Phi) is 6.60. The second-order valence-electron chi connectivity index (χ2n) is 7.80. The summed E-state index contributed by atoms with van der Waals surface area (Å²) >= 11 is 0. The van der Waals surface area contributed by atoms with Crippen molar-refractivity contribution in [1.82, 2.24) is 20.2 Å². The van der Waals surface area contributed by atoms with E-state index in [1.54, 1.807) is 29.3 Å². The average Bonchev–Trinajstić information content (AvgIpc) is 3.31. The molecule has 0 spiro atoms. The highest BCUT2D eigenvalue weighted by Crippen LogP contribution is 2.18. The number of nitrogens with one attached hydrogen (secondary N) is 2. The van der Waals surface area contributed by atoms with Crippen molar-refractivity contribution >= 4 is 22.7 Å². The first kappa shape index (κ1) is 21.3. The lowest BCUT2D eigenvalue weighted by molar-refractivity contribution is 0.0723. The van der Waals surface area contributed by atoms with Crippen LogP contribution in [0.2, 0.25) is 0 Å². The largest absolute Gasteiger partial charge is 0.361 e. The number of nitrogens with zero attached hydrogens (tertiary/aromatic N) is 2. The van der Waals surface area contributed by atoms with E-state index in [0.717, 1.165) is 16.5 Å². The molecule has 32 heavy (non-hydrogen) atoms. The molecule has 2 N–H and O–H groups in total. The van der Waals surface area contributed by atoms with Gasteiger partial charge in [0.1, 0.15) is 5.69 Å². The molecule has 0 fully saturated rings. The molecule has 0 saturated carbocycles. The zero-order valence-corrected chi connectivity index (χ0v) is 18.0. The minimum absolute atomic E-state index is 0.0370. The number of amides is 2. The molecule has 0 aliphatic heterocycles. The van der Waals surface area contributed by atoms with Gasteiger partial charge in [0.15, 0.2) is 0 Å². The highest BCUT2D eigenvalue weighted by molar-refractivity contribution is 5.98. The van der Waals surface area contributed by atoms with Gasteiger partial charge in [-0.15, -0.1) is 0 Å². The van der Waals surface area contributed by atoms with E-state index in [2.05, 4.69) is 27.4 Å². The lowest BCUT2D eigenvalue weighted by Gasteiger charge is -2.29. The molecule has 1 unspecified atom stereocenters. The third kappa shape index (κ3) is 5.03. The number of pyridine rings is 1. The van der Waals surface area contributed by atoms with Crippen LogP contribution in [0, 0.1) is 0 Å². The minimum atomic E-state index is -0.212. The maximum absolute atomic E-state index is 13.3. The fraction of sp³-hybridized carbons (Fsp3) is 0.192. The number of aromatic nitrogens is 2. The van der Waals surface area contributed by atoms with Gasteiger partial charge in [0.05, 0.1) is 0 Å². The Hall–Kier alpha value is -3.93. The fourth-order valence-corrected chi connectivity index (χ4v) is 3.81. The van der Waals surface area contributed by atoms with Crippen LogP contribution in [0.1, 0.15) is 32.8 Å². The molecular weight excluding hydrogens is 400 g/mol. The van der Waals surface area contributed by atoms with Crippen LogP contribution in [0.3, 0.4) is 0 Å². The van der Waals surface area contributed by atoms with Crippen molar-refractivity contribution < 1.29 is 9.59 Å². The fourth-order valence-electron chi connectivity index (χ4n) is 3.81. The SMILES string of the molecule is CN(C(=O)c1ccc2[nH]ccc2c1)C(CCNC(=O)c1ccccn1)Cc1ccccc1. The Morgan fingerprint density at radius 1 is 1.03 bits per heavy atom. The molecule has 1 atom stereocenters. The Balaban J connectivity index is 1.47. The second-order valence-corrected chi connectivity index (χ2v) is 7.80. The number of likely N-dealkylation sites (N-methyl/N-ethyl adjacent to an activating group) is 1. The summed E-state index contributed by atoms with van der Waals surface area (Å²) in [6.07, 6.45) is 4.79. The number of hydrogen-bond acceptors (Lipinski definition) is 3. The number of rotatable bonds is 8. The van der Waals surface area contributed by atoms with Crippen LogP contribution in [0.5, 0.6) is 0 Å². The summed E-state index contributed by atoms with van der Waals surface area (Å²) in [5.74, 6) is -0.249. The van der Waals surface area contributed by atoms with Crippen molar-refractivity contribution in [1.29, 1.82) is 0 Å². The summed E-state index contributed by atoms with van der Waals surface area (Å²) in [5, 5.41) is 3.93. The van der Waals surface area contributed by atoms with E-state index in [-0.39, 0.29) is 17.9 Å². The third-order valence-corrected chi connectivity index (χ3v) is 5.64. The molecule has 0 saturated heterocycles. The Morgan fingerprint density at radius 3 is 2.62 bits per heavy atom. The van der Waals surface area contributed by atoms with Crippen molar-refractivity contribution in [3.63, 3.8) is 0 Å². The van der Waals surface area contributed by atoms with Gasteiger partial charge in [-0.1, -0.05) is 36.4 Å². The van der Waals surface area contributed by atoms with E-state index in [1.807, 2.05) is 55.7 Å². The van der Waals surface area contributed by atoms with E-state index in [9.17, 15) is 9.59 Å². The number of aromatic amines is 1. The van der Waals surface area contributed by atoms with Gasteiger partial charge in [-0.2, -0.15) is 0 Å². The zero-order valence-electron chi connectivity index (χ0n) is 18.0. The van der Waals surface area contributed by atoms with E-state index in [0.29, 0.717) is 30.6 Å². The molecular formula is C26H26N4O2. The maximum Gasteiger partial charge on any atom is 0.269 e. The summed E-state index contributed by atoms with van der Waals surface area (Å²) < 4.78 is 0. The van der Waals surface area contributed by atoms with Crippen molar-refractivity contribution in [2.75, 3.05) is 13.6 Å². The van der Waals surface area contributed by atoms with Crippen LogP contribution >= 0.6 is 0 Å². The highest BCUT2D eigenvalue weighted by Gasteiger charge is 2.22. The van der Waals surface area contributed by atoms with Crippen molar-refractivity contribution in [3.05, 3.63) is 102 Å². The number of benzene rings is 2. The first-order chi connectivity index (χ1) is 15.6. The number of carbonyl (C=O) groups is 2. The molecule has 2 aromatic heterocycles. The molecule has 0 bridgehead atoms. The smallest absolute Gasteiger partial charge is 0.269 e. The van der Waals surface area contributed by atoms with Crippen molar-refractivity contribution in [3.8, 4) is 0 Å². The number of carbonyl (C=O) groups excluding carboxylic acids is 2. The Bertz CT molecular complexity index is 1190. The van der Waals surface area contributed by atoms with Crippen LogP contribution in [0.15, 0.2) is 85.2 Å². The standard InChI is InChI=1S/C26H26N4O2/c1-30(26(32)21-10-11-23-20(18-21)12-15-28-23)22(17-19-7-3-2-4-8-19)13-16-29-25(31)24-9-5-6-14-27-24/h2-12,14-15,18,22,28H,13,16-17H2,1H3,(H,29,31). The van der Waals surface area contributed by atoms with Gasteiger partial charge in [-0.05, 0) is 54.8 Å². The van der Waals surface area contributed by atoms with E-state index in [1.165, 1.54) is 0 Å². The molecule has 2 heterocycles. The van der Waals surface area contributed by atoms with Gasteiger partial charge in [0.25, 0.3) is 11.8 Å². The molecule has 0 radical (unpaired) electrons. The topological polar surface area (TPSA) is 78.1 Å². The van der Waals surface area contributed by atoms with Gasteiger partial charge in [0, 0.05) is 48.5 Å². The minimum Gasteiger partial charge on any atom is -0.361 e. The van der Waals surface area contributed by atoms with E-state index < -0.39 is 0 Å². The first-order valence-corrected chi connectivity index (χ1v) is 10.7. The first-order valence-electron chi connectivity index (χ1n) is 10.7. The number of fused-ring (bicyclic) bond motifs is 1. The Morgan fingerprint density at radius 2 is 1.84 bits per heavy atom. The van der Waals surface area contributed by atoms with Crippen LogP contribution in [0.25, 0.3) is 10.9 Å². The van der Waals surface area contributed by atoms with Crippen LogP contribution in [-0.4, -0.2) is 46.3 Å². The molecule has 6 nitrogen and oxygen atoms in total. The van der Waals surface area contributed by atoms with Gasteiger partial charge in [-0.3, -0.25) is 14.6 Å².